The van der Waals surface area contributed by atoms with Crippen molar-refractivity contribution in [3.05, 3.63) is 12.2 Å². The minimum atomic E-state index is 0.674. The van der Waals surface area contributed by atoms with Gasteiger partial charge in [0.25, 0.3) is 0 Å². The summed E-state index contributed by atoms with van der Waals surface area (Å²) >= 11 is 0. The lowest BCUT2D eigenvalue weighted by molar-refractivity contribution is 0.848. The second-order valence-electron chi connectivity index (χ2n) is 2.69. The van der Waals surface area contributed by atoms with E-state index in [1.54, 1.807) is 6.33 Å². The highest BCUT2D eigenvalue weighted by Crippen LogP contribution is 2.44. The zero-order valence-electron chi connectivity index (χ0n) is 5.33. The molecule has 0 aromatic carbocycles. The summed E-state index contributed by atoms with van der Waals surface area (Å²) in [6, 6.07) is 0. The molecule has 1 aliphatic carbocycles. The first-order chi connectivity index (χ1) is 4.38. The van der Waals surface area contributed by atoms with E-state index < -0.39 is 0 Å². The van der Waals surface area contributed by atoms with Gasteiger partial charge >= 0.3 is 0 Å². The molecular formula is C6H9N3. The van der Waals surface area contributed by atoms with Gasteiger partial charge in [0.1, 0.15) is 12.2 Å². The third-order valence-electron chi connectivity index (χ3n) is 1.90. The number of hydrogen-bond donors (Lipinski definition) is 1. The van der Waals surface area contributed by atoms with Crippen LogP contribution in [0.25, 0.3) is 0 Å². The average molecular weight is 123 g/mol. The van der Waals surface area contributed by atoms with Crippen molar-refractivity contribution in [1.29, 1.82) is 0 Å². The Labute approximate surface area is 53.5 Å². The van der Waals surface area contributed by atoms with Gasteiger partial charge in [0.05, 0.1) is 0 Å². The van der Waals surface area contributed by atoms with Gasteiger partial charge < -0.3 is 4.98 Å². The number of nitrogens with zero attached hydrogens (tertiary/aromatic N) is 2. The molecule has 0 amide bonds. The van der Waals surface area contributed by atoms with Crippen molar-refractivity contribution in [3.8, 4) is 0 Å². The smallest absolute Gasteiger partial charge is 0.133 e. The Kier molecular flexibility index (Phi) is 0.860. The maximum atomic E-state index is 3.92. The summed E-state index contributed by atoms with van der Waals surface area (Å²) in [6.45, 7) is 2.23. The van der Waals surface area contributed by atoms with Gasteiger partial charge in [0.15, 0.2) is 0 Å². The zero-order chi connectivity index (χ0) is 6.27. The standard InChI is InChI=1S/C6H9N3/c1-4-2-5(4)6-7-3-8-9-6/h3-5H,2H2,1H3,(H,7,8,9)/t4-,5-/m1/s1. The van der Waals surface area contributed by atoms with Gasteiger partial charge in [-0.1, -0.05) is 6.92 Å². The van der Waals surface area contributed by atoms with Crippen LogP contribution in [0.4, 0.5) is 0 Å². The molecular weight excluding hydrogens is 114 g/mol. The number of hydrogen-bond acceptors (Lipinski definition) is 2. The van der Waals surface area contributed by atoms with Crippen molar-refractivity contribution in [3.63, 3.8) is 0 Å². The van der Waals surface area contributed by atoms with E-state index in [4.69, 9.17) is 0 Å². The Balaban J connectivity index is 2.18. The van der Waals surface area contributed by atoms with Gasteiger partial charge in [0.2, 0.25) is 0 Å². The molecule has 3 heteroatoms. The topological polar surface area (TPSA) is 41.6 Å². The number of aromatic nitrogens is 3. The molecule has 3 nitrogen and oxygen atoms in total. The minimum Gasteiger partial charge on any atom is -0.331 e. The lowest BCUT2D eigenvalue weighted by Gasteiger charge is -1.84. The van der Waals surface area contributed by atoms with Crippen LogP contribution in [0.1, 0.15) is 25.1 Å². The summed E-state index contributed by atoms with van der Waals surface area (Å²) in [5.41, 5.74) is 0. The maximum absolute atomic E-state index is 3.92. The van der Waals surface area contributed by atoms with Crippen LogP contribution in [0.3, 0.4) is 0 Å². The van der Waals surface area contributed by atoms with Crippen molar-refractivity contribution >= 4 is 0 Å². The summed E-state index contributed by atoms with van der Waals surface area (Å²) < 4.78 is 0. The molecule has 1 aliphatic rings. The first-order valence-electron chi connectivity index (χ1n) is 3.24. The van der Waals surface area contributed by atoms with Crippen molar-refractivity contribution in [1.82, 2.24) is 15.2 Å². The Morgan fingerprint density at radius 1 is 1.78 bits per heavy atom. The Hall–Kier alpha value is -0.860. The van der Waals surface area contributed by atoms with Crippen LogP contribution < -0.4 is 0 Å². The fraction of sp³-hybridized carbons (Fsp3) is 0.667. The normalized spacial score (nSPS) is 32.6. The van der Waals surface area contributed by atoms with Crippen molar-refractivity contribution in [2.75, 3.05) is 0 Å². The van der Waals surface area contributed by atoms with Gasteiger partial charge in [-0.3, -0.25) is 0 Å². The summed E-state index contributed by atoms with van der Waals surface area (Å²) in [6.07, 6.45) is 2.91. The van der Waals surface area contributed by atoms with Gasteiger partial charge in [-0.2, -0.15) is 0 Å². The Morgan fingerprint density at radius 2 is 2.56 bits per heavy atom. The fourth-order valence-electron chi connectivity index (χ4n) is 1.10. The second-order valence-corrected chi connectivity index (χ2v) is 2.69. The third kappa shape index (κ3) is 0.724. The molecule has 0 saturated heterocycles. The van der Waals surface area contributed by atoms with Crippen LogP contribution in [-0.2, 0) is 0 Å². The highest BCUT2D eigenvalue weighted by atomic mass is 15.2. The largest absolute Gasteiger partial charge is 0.331 e. The van der Waals surface area contributed by atoms with E-state index in [1.165, 1.54) is 6.42 Å². The average Bonchev–Trinajstić information content (AvgIpc) is 2.44. The summed E-state index contributed by atoms with van der Waals surface area (Å²) in [5, 5.41) is 7.64. The molecule has 1 saturated carbocycles. The SMILES string of the molecule is C[C@@H]1C[C@H]1c1nnc[nH]1. The number of nitrogens with one attached hydrogen (secondary N) is 1. The van der Waals surface area contributed by atoms with E-state index >= 15 is 0 Å². The molecule has 9 heavy (non-hydrogen) atoms. The van der Waals surface area contributed by atoms with Crippen molar-refractivity contribution in [2.24, 2.45) is 5.92 Å². The van der Waals surface area contributed by atoms with E-state index in [1.807, 2.05) is 0 Å². The van der Waals surface area contributed by atoms with Crippen LogP contribution in [-0.4, -0.2) is 15.2 Å². The van der Waals surface area contributed by atoms with Crippen LogP contribution in [0, 0.1) is 5.92 Å². The lowest BCUT2D eigenvalue weighted by atomic mass is 10.3. The minimum absolute atomic E-state index is 0.674. The van der Waals surface area contributed by atoms with E-state index in [2.05, 4.69) is 22.1 Å². The molecule has 1 aromatic heterocycles. The van der Waals surface area contributed by atoms with Gasteiger partial charge in [-0.15, -0.1) is 10.2 Å². The molecule has 48 valence electrons. The predicted molar refractivity (Wildman–Crippen MR) is 32.9 cm³/mol. The molecule has 1 aromatic rings. The molecule has 2 atom stereocenters. The van der Waals surface area contributed by atoms with Gasteiger partial charge in [0, 0.05) is 5.92 Å². The van der Waals surface area contributed by atoms with Gasteiger partial charge in [-0.05, 0) is 12.3 Å². The Morgan fingerprint density at radius 3 is 3.00 bits per heavy atom. The van der Waals surface area contributed by atoms with Crippen molar-refractivity contribution < 1.29 is 0 Å². The first-order valence-corrected chi connectivity index (χ1v) is 3.24. The molecule has 0 unspecified atom stereocenters. The monoisotopic (exact) mass is 123 g/mol. The van der Waals surface area contributed by atoms with E-state index in [0.29, 0.717) is 5.92 Å². The van der Waals surface area contributed by atoms with Crippen molar-refractivity contribution in [2.45, 2.75) is 19.3 Å². The van der Waals surface area contributed by atoms with E-state index in [0.717, 1.165) is 11.7 Å². The molecule has 1 heterocycles. The molecule has 2 rings (SSSR count). The number of rotatable bonds is 1. The maximum Gasteiger partial charge on any atom is 0.133 e. The third-order valence-corrected chi connectivity index (χ3v) is 1.90. The van der Waals surface area contributed by atoms with Crippen LogP contribution in [0.5, 0.6) is 0 Å². The molecule has 1 fully saturated rings. The lowest BCUT2D eigenvalue weighted by Crippen LogP contribution is -1.83. The molecule has 0 aliphatic heterocycles. The number of aromatic amines is 1. The van der Waals surface area contributed by atoms with Crippen LogP contribution in [0.15, 0.2) is 6.33 Å². The summed E-state index contributed by atoms with van der Waals surface area (Å²) in [5.74, 6) is 2.55. The fourth-order valence-corrected chi connectivity index (χ4v) is 1.10. The van der Waals surface area contributed by atoms with Gasteiger partial charge in [-0.25, -0.2) is 0 Å². The second kappa shape index (κ2) is 1.56. The molecule has 0 spiro atoms. The molecule has 1 N–H and O–H groups in total. The molecule has 0 bridgehead atoms. The van der Waals surface area contributed by atoms with E-state index in [-0.39, 0.29) is 0 Å². The number of H-pyrrole nitrogens is 1. The zero-order valence-corrected chi connectivity index (χ0v) is 5.33. The summed E-state index contributed by atoms with van der Waals surface area (Å²) in [7, 11) is 0. The van der Waals surface area contributed by atoms with Crippen LogP contribution in [0.2, 0.25) is 0 Å². The predicted octanol–water partition coefficient (Wildman–Crippen LogP) is 0.928. The quantitative estimate of drug-likeness (QED) is 0.603. The summed E-state index contributed by atoms with van der Waals surface area (Å²) in [4.78, 5) is 3.01. The molecule has 0 radical (unpaired) electrons. The highest BCUT2D eigenvalue weighted by Gasteiger charge is 2.36. The highest BCUT2D eigenvalue weighted by molar-refractivity contribution is 5.06. The van der Waals surface area contributed by atoms with Crippen LogP contribution >= 0.6 is 0 Å². The van der Waals surface area contributed by atoms with E-state index in [9.17, 15) is 0 Å². The Bertz CT molecular complexity index is 192. The first kappa shape index (κ1) is 4.97.